The first kappa shape index (κ1) is 13.9. The minimum atomic E-state index is -1.02. The summed E-state index contributed by atoms with van der Waals surface area (Å²) in [6.07, 6.45) is 4.20. The van der Waals surface area contributed by atoms with Crippen LogP contribution in [0.3, 0.4) is 0 Å². The second-order valence-electron chi connectivity index (χ2n) is 3.76. The number of nitrogens with zero attached hydrogens (tertiary/aromatic N) is 2. The van der Waals surface area contributed by atoms with Crippen LogP contribution in [0, 0.1) is 0 Å². The fourth-order valence-electron chi connectivity index (χ4n) is 1.41. The molecule has 0 unspecified atom stereocenters. The molecule has 0 bridgehead atoms. The van der Waals surface area contributed by atoms with Crippen LogP contribution in [0.5, 0.6) is 0 Å². The van der Waals surface area contributed by atoms with Crippen molar-refractivity contribution in [2.75, 3.05) is 6.54 Å². The Labute approximate surface area is 117 Å². The maximum atomic E-state index is 11.8. The van der Waals surface area contributed by atoms with Gasteiger partial charge in [-0.25, -0.2) is 4.79 Å². The predicted molar refractivity (Wildman–Crippen MR) is 71.3 cm³/mol. The van der Waals surface area contributed by atoms with Crippen LogP contribution in [0.15, 0.2) is 28.4 Å². The van der Waals surface area contributed by atoms with Crippen LogP contribution >= 0.6 is 11.3 Å². The maximum absolute atomic E-state index is 11.8. The molecular formula is C12H11N3O4S. The van der Waals surface area contributed by atoms with Crippen LogP contribution in [-0.2, 0) is 11.2 Å². The third kappa shape index (κ3) is 4.02. The number of rotatable bonds is 6. The number of hydrogen-bond donors (Lipinski definition) is 2. The highest BCUT2D eigenvalue weighted by Crippen LogP contribution is 2.16. The Bertz CT molecular complexity index is 618. The largest absolute Gasteiger partial charge is 0.478 e. The second kappa shape index (κ2) is 6.62. The first-order valence-corrected chi connectivity index (χ1v) is 6.56. The summed E-state index contributed by atoms with van der Waals surface area (Å²) in [6.45, 7) is 0.397. The van der Waals surface area contributed by atoms with Crippen molar-refractivity contribution in [1.29, 1.82) is 0 Å². The van der Waals surface area contributed by atoms with Gasteiger partial charge < -0.3 is 14.9 Å². The number of thiophene rings is 1. The van der Waals surface area contributed by atoms with E-state index in [1.54, 1.807) is 11.4 Å². The molecule has 104 valence electrons. The fourth-order valence-corrected chi connectivity index (χ4v) is 2.18. The van der Waals surface area contributed by atoms with E-state index in [1.807, 2.05) is 0 Å². The van der Waals surface area contributed by atoms with Gasteiger partial charge in [-0.3, -0.25) is 4.79 Å². The SMILES string of the molecule is O=C(O)/C=C/c1cc(C(=O)NCCc2ncon2)cs1. The van der Waals surface area contributed by atoms with Crippen molar-refractivity contribution in [3.63, 3.8) is 0 Å². The number of carbonyl (C=O) groups is 2. The Balaban J connectivity index is 1.84. The van der Waals surface area contributed by atoms with E-state index in [0.29, 0.717) is 29.2 Å². The van der Waals surface area contributed by atoms with Gasteiger partial charge in [-0.05, 0) is 12.1 Å². The third-order valence-electron chi connectivity index (χ3n) is 2.31. The molecule has 0 saturated carbocycles. The molecule has 2 aromatic rings. The van der Waals surface area contributed by atoms with Crippen LogP contribution in [0.25, 0.3) is 6.08 Å². The monoisotopic (exact) mass is 293 g/mol. The van der Waals surface area contributed by atoms with E-state index in [-0.39, 0.29) is 5.91 Å². The Morgan fingerprint density at radius 1 is 1.50 bits per heavy atom. The standard InChI is InChI=1S/C12H11N3O4S/c16-11(17)2-1-9-5-8(6-20-9)12(18)13-4-3-10-14-7-19-15-10/h1-2,5-7H,3-4H2,(H,13,18)(H,16,17)/b2-1+. The molecule has 0 spiro atoms. The number of carbonyl (C=O) groups excluding carboxylic acids is 1. The molecule has 0 radical (unpaired) electrons. The van der Waals surface area contributed by atoms with Gasteiger partial charge in [0.15, 0.2) is 5.82 Å². The smallest absolute Gasteiger partial charge is 0.328 e. The van der Waals surface area contributed by atoms with Crippen LogP contribution in [0.4, 0.5) is 0 Å². The van der Waals surface area contributed by atoms with Gasteiger partial charge in [0, 0.05) is 29.3 Å². The summed E-state index contributed by atoms with van der Waals surface area (Å²) < 4.78 is 4.58. The van der Waals surface area contributed by atoms with E-state index in [0.717, 1.165) is 6.08 Å². The summed E-state index contributed by atoms with van der Waals surface area (Å²) in [5.41, 5.74) is 0.494. The van der Waals surface area contributed by atoms with Crippen molar-refractivity contribution >= 4 is 29.3 Å². The topological polar surface area (TPSA) is 105 Å². The van der Waals surface area contributed by atoms with Crippen molar-refractivity contribution in [2.24, 2.45) is 0 Å². The molecule has 0 aliphatic carbocycles. The van der Waals surface area contributed by atoms with Gasteiger partial charge in [-0.2, -0.15) is 4.98 Å². The summed E-state index contributed by atoms with van der Waals surface area (Å²) >= 11 is 1.30. The normalized spacial score (nSPS) is 10.8. The zero-order valence-electron chi connectivity index (χ0n) is 10.3. The molecule has 2 rings (SSSR count). The van der Waals surface area contributed by atoms with Gasteiger partial charge in [-0.15, -0.1) is 11.3 Å². The average Bonchev–Trinajstić information content (AvgIpc) is 3.07. The van der Waals surface area contributed by atoms with Crippen LogP contribution in [0.2, 0.25) is 0 Å². The molecule has 0 aliphatic rings. The molecule has 0 aliphatic heterocycles. The summed E-state index contributed by atoms with van der Waals surface area (Å²) in [7, 11) is 0. The molecule has 0 saturated heterocycles. The van der Waals surface area contributed by atoms with E-state index >= 15 is 0 Å². The van der Waals surface area contributed by atoms with E-state index < -0.39 is 5.97 Å². The van der Waals surface area contributed by atoms with Gasteiger partial charge in [0.1, 0.15) is 0 Å². The van der Waals surface area contributed by atoms with E-state index in [4.69, 9.17) is 5.11 Å². The number of amides is 1. The second-order valence-corrected chi connectivity index (χ2v) is 4.71. The summed E-state index contributed by atoms with van der Waals surface area (Å²) in [6, 6.07) is 1.63. The molecule has 0 fully saturated rings. The predicted octanol–water partition coefficient (Wildman–Crippen LogP) is 1.20. The number of carboxylic acids is 1. The van der Waals surface area contributed by atoms with Crippen molar-refractivity contribution < 1.29 is 19.2 Å². The van der Waals surface area contributed by atoms with Crippen molar-refractivity contribution in [3.8, 4) is 0 Å². The maximum Gasteiger partial charge on any atom is 0.328 e. The summed E-state index contributed by atoms with van der Waals surface area (Å²) in [4.78, 5) is 26.7. The molecule has 2 aromatic heterocycles. The Hall–Kier alpha value is -2.48. The third-order valence-corrected chi connectivity index (χ3v) is 3.21. The number of carboxylic acid groups (broad SMARTS) is 1. The average molecular weight is 293 g/mol. The van der Waals surface area contributed by atoms with Gasteiger partial charge in [0.2, 0.25) is 6.39 Å². The zero-order valence-corrected chi connectivity index (χ0v) is 11.1. The molecular weight excluding hydrogens is 282 g/mol. The quantitative estimate of drug-likeness (QED) is 0.775. The van der Waals surface area contributed by atoms with Crippen molar-refractivity contribution in [3.05, 3.63) is 40.2 Å². The Kier molecular flexibility index (Phi) is 4.61. The van der Waals surface area contributed by atoms with Gasteiger partial charge in [0.25, 0.3) is 5.91 Å². The number of nitrogens with one attached hydrogen (secondary N) is 1. The highest BCUT2D eigenvalue weighted by molar-refractivity contribution is 7.11. The van der Waals surface area contributed by atoms with Crippen LogP contribution < -0.4 is 5.32 Å². The molecule has 8 heteroatoms. The van der Waals surface area contributed by atoms with Crippen molar-refractivity contribution in [2.45, 2.75) is 6.42 Å². The van der Waals surface area contributed by atoms with E-state index in [9.17, 15) is 9.59 Å². The zero-order chi connectivity index (χ0) is 14.4. The number of hydrogen-bond acceptors (Lipinski definition) is 6. The lowest BCUT2D eigenvalue weighted by Gasteiger charge is -2.00. The molecule has 0 atom stereocenters. The fraction of sp³-hybridized carbons (Fsp3) is 0.167. The van der Waals surface area contributed by atoms with Gasteiger partial charge in [0.05, 0.1) is 5.56 Å². The number of aromatic nitrogens is 2. The Morgan fingerprint density at radius 3 is 3.05 bits per heavy atom. The molecule has 2 heterocycles. The molecule has 20 heavy (non-hydrogen) atoms. The highest BCUT2D eigenvalue weighted by atomic mass is 32.1. The Morgan fingerprint density at radius 2 is 2.35 bits per heavy atom. The van der Waals surface area contributed by atoms with Gasteiger partial charge >= 0.3 is 5.97 Å². The lowest BCUT2D eigenvalue weighted by atomic mass is 10.2. The van der Waals surface area contributed by atoms with Crippen LogP contribution in [0.1, 0.15) is 21.1 Å². The lowest BCUT2D eigenvalue weighted by Crippen LogP contribution is -2.25. The number of aliphatic carboxylic acids is 1. The van der Waals surface area contributed by atoms with Crippen LogP contribution in [-0.4, -0.2) is 33.7 Å². The molecule has 2 N–H and O–H groups in total. The van der Waals surface area contributed by atoms with Crippen molar-refractivity contribution in [1.82, 2.24) is 15.5 Å². The lowest BCUT2D eigenvalue weighted by molar-refractivity contribution is -0.131. The summed E-state index contributed by atoms with van der Waals surface area (Å²) in [5.74, 6) is -0.718. The molecule has 1 amide bonds. The summed E-state index contributed by atoms with van der Waals surface area (Å²) in [5, 5.41) is 16.5. The first-order valence-electron chi connectivity index (χ1n) is 5.68. The van der Waals surface area contributed by atoms with E-state index in [2.05, 4.69) is 20.0 Å². The molecule has 0 aromatic carbocycles. The van der Waals surface area contributed by atoms with Gasteiger partial charge in [-0.1, -0.05) is 5.16 Å². The minimum Gasteiger partial charge on any atom is -0.478 e. The highest BCUT2D eigenvalue weighted by Gasteiger charge is 2.08. The molecule has 7 nitrogen and oxygen atoms in total. The minimum absolute atomic E-state index is 0.222. The van der Waals surface area contributed by atoms with E-state index in [1.165, 1.54) is 23.8 Å². The first-order chi connectivity index (χ1) is 9.65.